The fourth-order valence-electron chi connectivity index (χ4n) is 4.66. The molecule has 27 heavy (non-hydrogen) atoms. The van der Waals surface area contributed by atoms with E-state index in [0.717, 1.165) is 32.0 Å². The molecule has 2 fully saturated rings. The van der Waals surface area contributed by atoms with Crippen LogP contribution in [0.5, 0.6) is 0 Å². The van der Waals surface area contributed by atoms with Crippen LogP contribution in [0.15, 0.2) is 48.5 Å². The number of aromatic nitrogens is 1. The average molecular weight is 365 g/mol. The molecule has 1 aromatic carbocycles. The molecule has 4 rings (SSSR count). The summed E-state index contributed by atoms with van der Waals surface area (Å²) in [6.45, 7) is 3.77. The third-order valence-corrected chi connectivity index (χ3v) is 6.07. The number of nitrogens with zero attached hydrogens (tertiary/aromatic N) is 3. The van der Waals surface area contributed by atoms with Gasteiger partial charge in [0.15, 0.2) is 5.69 Å². The molecular formula is C22H27N3O2. The Morgan fingerprint density at radius 3 is 2.52 bits per heavy atom. The lowest BCUT2D eigenvalue weighted by atomic mass is 9.78. The topological polar surface area (TPSA) is 56.7 Å². The Balaban J connectivity index is 1.58. The van der Waals surface area contributed by atoms with E-state index in [0.29, 0.717) is 0 Å². The summed E-state index contributed by atoms with van der Waals surface area (Å²) in [5.41, 5.74) is 1.64. The number of pyridine rings is 1. The van der Waals surface area contributed by atoms with E-state index in [2.05, 4.69) is 45.1 Å². The maximum Gasteiger partial charge on any atom is 0.354 e. The first-order valence-corrected chi connectivity index (χ1v) is 9.91. The number of hydrogen-bond acceptors (Lipinski definition) is 4. The van der Waals surface area contributed by atoms with Crippen molar-refractivity contribution in [3.63, 3.8) is 0 Å². The van der Waals surface area contributed by atoms with Crippen molar-refractivity contribution in [1.29, 1.82) is 0 Å². The molecule has 5 heteroatoms. The minimum atomic E-state index is -0.966. The molecule has 0 unspecified atom stereocenters. The largest absolute Gasteiger partial charge is 0.477 e. The van der Waals surface area contributed by atoms with Crippen LogP contribution in [-0.4, -0.2) is 46.1 Å². The number of anilines is 1. The van der Waals surface area contributed by atoms with Gasteiger partial charge in [-0.25, -0.2) is 9.78 Å². The van der Waals surface area contributed by atoms with Crippen LogP contribution < -0.4 is 4.90 Å². The maximum atomic E-state index is 11.3. The molecule has 1 spiro atoms. The molecule has 0 bridgehead atoms. The number of carboxylic acid groups (broad SMARTS) is 1. The molecule has 1 N–H and O–H groups in total. The minimum absolute atomic E-state index is 0.122. The van der Waals surface area contributed by atoms with Crippen molar-refractivity contribution in [1.82, 2.24) is 9.88 Å². The maximum absolute atomic E-state index is 11.3. The minimum Gasteiger partial charge on any atom is -0.477 e. The van der Waals surface area contributed by atoms with Crippen LogP contribution in [0.4, 0.5) is 5.82 Å². The van der Waals surface area contributed by atoms with E-state index in [9.17, 15) is 9.90 Å². The van der Waals surface area contributed by atoms with Crippen LogP contribution in [-0.2, 0) is 6.54 Å². The Hall–Kier alpha value is -2.40. The standard InChI is InChI=1S/C22H27N3O2/c26-21(27)19-10-7-11-20(23-19)24-14-15-25(16-18-8-3-1-4-9-18)22(17-24)12-5-2-6-13-22/h1,3-4,7-11H,2,5-6,12-17H2,(H,26,27). The highest BCUT2D eigenvalue weighted by atomic mass is 16.4. The van der Waals surface area contributed by atoms with E-state index >= 15 is 0 Å². The number of aromatic carboxylic acids is 1. The van der Waals surface area contributed by atoms with Crippen molar-refractivity contribution < 1.29 is 9.90 Å². The highest BCUT2D eigenvalue weighted by Gasteiger charge is 2.42. The molecule has 2 aliphatic rings. The highest BCUT2D eigenvalue weighted by molar-refractivity contribution is 5.85. The molecule has 1 saturated heterocycles. The molecule has 142 valence electrons. The molecule has 0 atom stereocenters. The van der Waals surface area contributed by atoms with Crippen LogP contribution in [0.25, 0.3) is 0 Å². The van der Waals surface area contributed by atoms with Crippen molar-refractivity contribution in [3.8, 4) is 0 Å². The van der Waals surface area contributed by atoms with Crippen LogP contribution in [0.3, 0.4) is 0 Å². The Morgan fingerprint density at radius 2 is 1.78 bits per heavy atom. The first-order valence-electron chi connectivity index (χ1n) is 9.91. The molecule has 1 aliphatic carbocycles. The van der Waals surface area contributed by atoms with Crippen LogP contribution in [0, 0.1) is 0 Å². The van der Waals surface area contributed by atoms with Crippen LogP contribution >= 0.6 is 0 Å². The van der Waals surface area contributed by atoms with Crippen molar-refractivity contribution in [2.75, 3.05) is 24.5 Å². The molecule has 1 saturated carbocycles. The van der Waals surface area contributed by atoms with Gasteiger partial charge in [-0.05, 0) is 30.5 Å². The number of hydrogen-bond donors (Lipinski definition) is 1. The second kappa shape index (κ2) is 7.69. The lowest BCUT2D eigenvalue weighted by Crippen LogP contribution is -2.62. The fourth-order valence-corrected chi connectivity index (χ4v) is 4.66. The second-order valence-electron chi connectivity index (χ2n) is 7.80. The zero-order valence-corrected chi connectivity index (χ0v) is 15.7. The highest BCUT2D eigenvalue weighted by Crippen LogP contribution is 2.38. The second-order valence-corrected chi connectivity index (χ2v) is 7.80. The molecule has 2 heterocycles. The van der Waals surface area contributed by atoms with Gasteiger partial charge in [0.05, 0.1) is 0 Å². The van der Waals surface area contributed by atoms with Gasteiger partial charge in [-0.3, -0.25) is 4.90 Å². The van der Waals surface area contributed by atoms with Crippen LogP contribution in [0.2, 0.25) is 0 Å². The number of benzene rings is 1. The van der Waals surface area contributed by atoms with Gasteiger partial charge in [-0.15, -0.1) is 0 Å². The number of piperazine rings is 1. The Morgan fingerprint density at radius 1 is 1.00 bits per heavy atom. The average Bonchev–Trinajstić information content (AvgIpc) is 2.71. The van der Waals surface area contributed by atoms with Gasteiger partial charge in [0.1, 0.15) is 5.82 Å². The van der Waals surface area contributed by atoms with Crippen molar-refractivity contribution in [2.45, 2.75) is 44.2 Å². The molecule has 2 aromatic rings. The lowest BCUT2D eigenvalue weighted by Gasteiger charge is -2.53. The monoisotopic (exact) mass is 365 g/mol. The van der Waals surface area contributed by atoms with Gasteiger partial charge in [-0.1, -0.05) is 55.7 Å². The molecule has 5 nitrogen and oxygen atoms in total. The number of rotatable bonds is 4. The van der Waals surface area contributed by atoms with E-state index in [1.807, 2.05) is 6.07 Å². The molecule has 1 aliphatic heterocycles. The molecule has 0 radical (unpaired) electrons. The summed E-state index contributed by atoms with van der Waals surface area (Å²) in [7, 11) is 0. The summed E-state index contributed by atoms with van der Waals surface area (Å²) in [5, 5.41) is 9.27. The van der Waals surface area contributed by atoms with E-state index < -0.39 is 5.97 Å². The summed E-state index contributed by atoms with van der Waals surface area (Å²) >= 11 is 0. The Labute approximate surface area is 160 Å². The molecule has 1 aromatic heterocycles. The van der Waals surface area contributed by atoms with Crippen LogP contribution in [0.1, 0.15) is 48.2 Å². The Bertz CT molecular complexity index is 787. The van der Waals surface area contributed by atoms with E-state index in [1.165, 1.54) is 37.7 Å². The van der Waals surface area contributed by atoms with E-state index in [4.69, 9.17) is 0 Å². The van der Waals surface area contributed by atoms with Crippen molar-refractivity contribution in [3.05, 3.63) is 59.8 Å². The predicted octanol–water partition coefficient (Wildman–Crippen LogP) is 3.80. The van der Waals surface area contributed by atoms with Gasteiger partial charge in [-0.2, -0.15) is 0 Å². The summed E-state index contributed by atoms with van der Waals surface area (Å²) in [6.07, 6.45) is 6.25. The lowest BCUT2D eigenvalue weighted by molar-refractivity contribution is 0.0316. The van der Waals surface area contributed by atoms with Crippen molar-refractivity contribution in [2.24, 2.45) is 0 Å². The van der Waals surface area contributed by atoms with Gasteiger partial charge in [0.25, 0.3) is 0 Å². The van der Waals surface area contributed by atoms with Gasteiger partial charge >= 0.3 is 5.97 Å². The van der Waals surface area contributed by atoms with E-state index in [1.54, 1.807) is 12.1 Å². The quantitative estimate of drug-likeness (QED) is 0.893. The summed E-state index contributed by atoms with van der Waals surface area (Å²) in [4.78, 5) is 20.6. The number of carbonyl (C=O) groups is 1. The molecular weight excluding hydrogens is 338 g/mol. The van der Waals surface area contributed by atoms with Gasteiger partial charge in [0, 0.05) is 31.7 Å². The number of carboxylic acids is 1. The third-order valence-electron chi connectivity index (χ3n) is 6.07. The summed E-state index contributed by atoms with van der Waals surface area (Å²) < 4.78 is 0. The third kappa shape index (κ3) is 3.83. The normalized spacial score (nSPS) is 19.9. The SMILES string of the molecule is O=C(O)c1cccc(N2CCN(Cc3ccccc3)C3(CCCCC3)C2)n1. The first-order chi connectivity index (χ1) is 13.2. The predicted molar refractivity (Wildman–Crippen MR) is 106 cm³/mol. The first kappa shape index (κ1) is 18.0. The zero-order valence-electron chi connectivity index (χ0n) is 15.7. The smallest absolute Gasteiger partial charge is 0.354 e. The van der Waals surface area contributed by atoms with Gasteiger partial charge in [0.2, 0.25) is 0 Å². The summed E-state index contributed by atoms with van der Waals surface area (Å²) in [5.74, 6) is -0.175. The Kier molecular flexibility index (Phi) is 5.12. The van der Waals surface area contributed by atoms with Crippen molar-refractivity contribution >= 4 is 11.8 Å². The van der Waals surface area contributed by atoms with E-state index in [-0.39, 0.29) is 11.2 Å². The molecule has 0 amide bonds. The fraction of sp³-hybridized carbons (Fsp3) is 0.455. The summed E-state index contributed by atoms with van der Waals surface area (Å²) in [6, 6.07) is 16.0. The van der Waals surface area contributed by atoms with Gasteiger partial charge < -0.3 is 10.0 Å². The zero-order chi connectivity index (χ0) is 18.7.